The van der Waals surface area contributed by atoms with E-state index >= 15 is 0 Å². The zero-order valence-electron chi connectivity index (χ0n) is 12.7. The van der Waals surface area contributed by atoms with Crippen LogP contribution in [0.25, 0.3) is 5.69 Å². The Hall–Kier alpha value is -2.66. The van der Waals surface area contributed by atoms with Crippen LogP contribution >= 0.6 is 11.6 Å². The topological polar surface area (TPSA) is 59.8 Å². The van der Waals surface area contributed by atoms with E-state index in [2.05, 4.69) is 15.5 Å². The Morgan fingerprint density at radius 3 is 2.52 bits per heavy atom. The van der Waals surface area contributed by atoms with Crippen molar-refractivity contribution in [3.8, 4) is 5.69 Å². The Morgan fingerprint density at radius 2 is 1.83 bits per heavy atom. The summed E-state index contributed by atoms with van der Waals surface area (Å²) in [6.07, 6.45) is 0. The van der Waals surface area contributed by atoms with Gasteiger partial charge in [-0.3, -0.25) is 4.79 Å². The monoisotopic (exact) mass is 326 g/mol. The third-order valence-corrected chi connectivity index (χ3v) is 3.82. The lowest BCUT2D eigenvalue weighted by Gasteiger charge is -2.05. The molecule has 0 fully saturated rings. The average molecular weight is 327 g/mol. The van der Waals surface area contributed by atoms with E-state index in [1.165, 1.54) is 4.80 Å². The Balaban J connectivity index is 1.85. The molecule has 23 heavy (non-hydrogen) atoms. The number of nitrogens with zero attached hydrogens (tertiary/aromatic N) is 3. The normalized spacial score (nSPS) is 10.6. The van der Waals surface area contributed by atoms with Crippen LogP contribution in [-0.2, 0) is 0 Å². The predicted octanol–water partition coefficient (Wildman–Crippen LogP) is 3.79. The van der Waals surface area contributed by atoms with Crippen LogP contribution in [0.4, 0.5) is 5.69 Å². The molecule has 5 nitrogen and oxygen atoms in total. The first-order valence-electron chi connectivity index (χ1n) is 7.11. The number of hydrogen-bond acceptors (Lipinski definition) is 3. The molecular formula is C17H15ClN4O. The molecule has 0 aliphatic heterocycles. The quantitative estimate of drug-likeness (QED) is 0.796. The number of aryl methyl sites for hydroxylation is 2. The second-order valence-corrected chi connectivity index (χ2v) is 5.58. The molecule has 0 unspecified atom stereocenters. The van der Waals surface area contributed by atoms with Gasteiger partial charge >= 0.3 is 0 Å². The minimum atomic E-state index is -0.315. The molecule has 0 saturated heterocycles. The summed E-state index contributed by atoms with van der Waals surface area (Å²) < 4.78 is 0. The van der Waals surface area contributed by atoms with E-state index in [1.807, 2.05) is 43.3 Å². The van der Waals surface area contributed by atoms with E-state index in [0.717, 1.165) is 11.3 Å². The lowest BCUT2D eigenvalue weighted by Crippen LogP contribution is -2.14. The highest BCUT2D eigenvalue weighted by Crippen LogP contribution is 2.20. The van der Waals surface area contributed by atoms with Crippen molar-refractivity contribution in [1.82, 2.24) is 15.0 Å². The van der Waals surface area contributed by atoms with E-state index in [9.17, 15) is 4.79 Å². The number of aromatic nitrogens is 3. The number of halogens is 1. The van der Waals surface area contributed by atoms with Gasteiger partial charge in [0, 0.05) is 10.7 Å². The SMILES string of the molecule is Cc1ccc(NC(=O)c2nn(-c3ccccc3)nc2C)cc1Cl. The Morgan fingerprint density at radius 1 is 1.09 bits per heavy atom. The van der Waals surface area contributed by atoms with Crippen molar-refractivity contribution in [2.45, 2.75) is 13.8 Å². The molecule has 0 bridgehead atoms. The maximum atomic E-state index is 12.4. The van der Waals surface area contributed by atoms with Gasteiger partial charge in [0.25, 0.3) is 5.91 Å². The standard InChI is InChI=1S/C17H15ClN4O/c1-11-8-9-13(10-15(11)18)19-17(23)16-12(2)20-22(21-16)14-6-4-3-5-7-14/h3-10H,1-2H3,(H,19,23). The van der Waals surface area contributed by atoms with Crippen molar-refractivity contribution in [2.75, 3.05) is 5.32 Å². The van der Waals surface area contributed by atoms with Crippen LogP contribution in [-0.4, -0.2) is 20.9 Å². The van der Waals surface area contributed by atoms with Gasteiger partial charge in [-0.15, -0.1) is 5.10 Å². The van der Waals surface area contributed by atoms with Crippen LogP contribution in [0.3, 0.4) is 0 Å². The maximum Gasteiger partial charge on any atom is 0.278 e. The number of benzene rings is 2. The van der Waals surface area contributed by atoms with Gasteiger partial charge in [0.15, 0.2) is 5.69 Å². The average Bonchev–Trinajstić information content (AvgIpc) is 2.94. The second kappa shape index (κ2) is 6.22. The lowest BCUT2D eigenvalue weighted by molar-refractivity contribution is 0.102. The lowest BCUT2D eigenvalue weighted by atomic mass is 10.2. The van der Waals surface area contributed by atoms with Crippen molar-refractivity contribution < 1.29 is 4.79 Å². The molecule has 0 aliphatic rings. The summed E-state index contributed by atoms with van der Waals surface area (Å²) in [6, 6.07) is 14.8. The van der Waals surface area contributed by atoms with Crippen LogP contribution in [0.1, 0.15) is 21.7 Å². The van der Waals surface area contributed by atoms with E-state index in [-0.39, 0.29) is 11.6 Å². The molecule has 116 valence electrons. The van der Waals surface area contributed by atoms with Crippen LogP contribution < -0.4 is 5.32 Å². The Labute approximate surface area is 138 Å². The molecule has 2 aromatic carbocycles. The number of para-hydroxylation sites is 1. The highest BCUT2D eigenvalue weighted by Gasteiger charge is 2.16. The summed E-state index contributed by atoms with van der Waals surface area (Å²) in [6.45, 7) is 3.66. The minimum absolute atomic E-state index is 0.283. The zero-order chi connectivity index (χ0) is 16.4. The van der Waals surface area contributed by atoms with E-state index in [4.69, 9.17) is 11.6 Å². The van der Waals surface area contributed by atoms with Gasteiger partial charge in [-0.2, -0.15) is 9.90 Å². The third-order valence-electron chi connectivity index (χ3n) is 3.41. The van der Waals surface area contributed by atoms with E-state index in [1.54, 1.807) is 19.1 Å². The smallest absolute Gasteiger partial charge is 0.278 e. The first kappa shape index (κ1) is 15.2. The molecule has 0 atom stereocenters. The Kier molecular flexibility index (Phi) is 4.12. The second-order valence-electron chi connectivity index (χ2n) is 5.18. The Bertz CT molecular complexity index is 858. The number of anilines is 1. The molecule has 1 aromatic heterocycles. The predicted molar refractivity (Wildman–Crippen MR) is 90.2 cm³/mol. The summed E-state index contributed by atoms with van der Waals surface area (Å²) >= 11 is 6.08. The first-order chi connectivity index (χ1) is 11.0. The summed E-state index contributed by atoms with van der Waals surface area (Å²) in [5.74, 6) is -0.315. The number of hydrogen-bond donors (Lipinski definition) is 1. The van der Waals surface area contributed by atoms with Crippen molar-refractivity contribution in [3.63, 3.8) is 0 Å². The number of rotatable bonds is 3. The number of carbonyl (C=O) groups excluding carboxylic acids is 1. The van der Waals surface area contributed by atoms with Crippen LogP contribution in [0.15, 0.2) is 48.5 Å². The third kappa shape index (κ3) is 3.24. The molecule has 1 heterocycles. The molecule has 0 spiro atoms. The van der Waals surface area contributed by atoms with Gasteiger partial charge in [0.2, 0.25) is 0 Å². The van der Waals surface area contributed by atoms with Crippen molar-refractivity contribution >= 4 is 23.2 Å². The summed E-state index contributed by atoms with van der Waals surface area (Å²) in [5.41, 5.74) is 3.22. The zero-order valence-corrected chi connectivity index (χ0v) is 13.5. The molecule has 1 N–H and O–H groups in total. The van der Waals surface area contributed by atoms with E-state index < -0.39 is 0 Å². The van der Waals surface area contributed by atoms with Gasteiger partial charge in [0.1, 0.15) is 0 Å². The molecule has 0 aliphatic carbocycles. The first-order valence-corrected chi connectivity index (χ1v) is 7.49. The molecule has 0 saturated carbocycles. The van der Waals surface area contributed by atoms with Gasteiger partial charge in [-0.25, -0.2) is 0 Å². The minimum Gasteiger partial charge on any atom is -0.320 e. The summed E-state index contributed by atoms with van der Waals surface area (Å²) in [7, 11) is 0. The van der Waals surface area contributed by atoms with Crippen LogP contribution in [0, 0.1) is 13.8 Å². The highest BCUT2D eigenvalue weighted by atomic mass is 35.5. The largest absolute Gasteiger partial charge is 0.320 e. The maximum absolute atomic E-state index is 12.4. The molecule has 3 aromatic rings. The fraction of sp³-hybridized carbons (Fsp3) is 0.118. The van der Waals surface area contributed by atoms with Gasteiger partial charge in [-0.1, -0.05) is 35.9 Å². The number of carbonyl (C=O) groups is 1. The van der Waals surface area contributed by atoms with Crippen LogP contribution in [0.5, 0.6) is 0 Å². The van der Waals surface area contributed by atoms with Crippen LogP contribution in [0.2, 0.25) is 5.02 Å². The molecule has 3 rings (SSSR count). The fourth-order valence-electron chi connectivity index (χ4n) is 2.13. The van der Waals surface area contributed by atoms with Gasteiger partial charge in [0.05, 0.1) is 11.4 Å². The fourth-order valence-corrected chi connectivity index (χ4v) is 2.31. The van der Waals surface area contributed by atoms with Crippen molar-refractivity contribution in [3.05, 3.63) is 70.5 Å². The van der Waals surface area contributed by atoms with E-state index in [0.29, 0.717) is 16.4 Å². The summed E-state index contributed by atoms with van der Waals surface area (Å²) in [4.78, 5) is 13.9. The van der Waals surface area contributed by atoms with Crippen molar-refractivity contribution in [2.24, 2.45) is 0 Å². The van der Waals surface area contributed by atoms with Gasteiger partial charge < -0.3 is 5.32 Å². The number of nitrogens with one attached hydrogen (secondary N) is 1. The molecule has 0 radical (unpaired) electrons. The van der Waals surface area contributed by atoms with Gasteiger partial charge in [-0.05, 0) is 43.7 Å². The molecule has 1 amide bonds. The van der Waals surface area contributed by atoms with Crippen molar-refractivity contribution in [1.29, 1.82) is 0 Å². The molecular weight excluding hydrogens is 312 g/mol. The summed E-state index contributed by atoms with van der Waals surface area (Å²) in [5, 5.41) is 12.0. The molecule has 6 heteroatoms. The highest BCUT2D eigenvalue weighted by molar-refractivity contribution is 6.31. The number of amides is 1.